The van der Waals surface area contributed by atoms with Crippen LogP contribution in [0.25, 0.3) is 0 Å². The van der Waals surface area contributed by atoms with E-state index in [9.17, 15) is 9.59 Å². The number of carbonyl (C=O) groups is 2. The molecule has 5 nitrogen and oxygen atoms in total. The largest absolute Gasteiger partial charge is 0.491 e. The Balaban J connectivity index is 1.60. The Morgan fingerprint density at radius 1 is 1.20 bits per heavy atom. The lowest BCUT2D eigenvalue weighted by Gasteiger charge is -2.34. The molecule has 1 aliphatic heterocycles. The van der Waals surface area contributed by atoms with E-state index < -0.39 is 11.9 Å². The van der Waals surface area contributed by atoms with E-state index in [0.29, 0.717) is 19.4 Å². The highest BCUT2D eigenvalue weighted by atomic mass is 16.5. The van der Waals surface area contributed by atoms with Crippen LogP contribution in [0.4, 0.5) is 0 Å². The fourth-order valence-electron chi connectivity index (χ4n) is 2.84. The predicted molar refractivity (Wildman–Crippen MR) is 71.4 cm³/mol. The molecule has 1 aromatic rings. The summed E-state index contributed by atoms with van der Waals surface area (Å²) in [6.45, 7) is 0.438. The third-order valence-electron chi connectivity index (χ3n) is 4.15. The first-order chi connectivity index (χ1) is 9.65. The summed E-state index contributed by atoms with van der Waals surface area (Å²) in [7, 11) is 0. The number of benzene rings is 1. The molecule has 0 spiro atoms. The standard InChI is InChI=1S/C15H17NO4/c17-14(11-5-6-12(11)15(18)19)16-10-7-9-3-1-2-4-13(9)20-8-10/h1-4,10-12H,5-8H2,(H,16,17)(H,18,19). The molecule has 3 unspecified atom stereocenters. The number of carboxylic acids is 1. The van der Waals surface area contributed by atoms with Crippen molar-refractivity contribution in [2.75, 3.05) is 6.61 Å². The van der Waals surface area contributed by atoms with Crippen LogP contribution >= 0.6 is 0 Å². The summed E-state index contributed by atoms with van der Waals surface area (Å²) >= 11 is 0. The summed E-state index contributed by atoms with van der Waals surface area (Å²) in [6.07, 6.45) is 1.98. The summed E-state index contributed by atoms with van der Waals surface area (Å²) in [6, 6.07) is 7.69. The first kappa shape index (κ1) is 13.0. The van der Waals surface area contributed by atoms with Gasteiger partial charge in [-0.05, 0) is 30.9 Å². The van der Waals surface area contributed by atoms with Crippen molar-refractivity contribution in [3.8, 4) is 5.75 Å². The van der Waals surface area contributed by atoms with E-state index in [4.69, 9.17) is 9.84 Å². The number of hydrogen-bond donors (Lipinski definition) is 2. The molecule has 3 rings (SSSR count). The van der Waals surface area contributed by atoms with Crippen LogP contribution in [0, 0.1) is 11.8 Å². The highest BCUT2D eigenvalue weighted by Gasteiger charge is 2.42. The smallest absolute Gasteiger partial charge is 0.307 e. The van der Waals surface area contributed by atoms with Crippen molar-refractivity contribution < 1.29 is 19.4 Å². The zero-order chi connectivity index (χ0) is 14.1. The summed E-state index contributed by atoms with van der Waals surface area (Å²) in [4.78, 5) is 23.0. The number of rotatable bonds is 3. The monoisotopic (exact) mass is 275 g/mol. The second-order valence-corrected chi connectivity index (χ2v) is 5.46. The fraction of sp³-hybridized carbons (Fsp3) is 0.467. The van der Waals surface area contributed by atoms with Gasteiger partial charge in [-0.25, -0.2) is 0 Å². The van der Waals surface area contributed by atoms with Gasteiger partial charge in [0.25, 0.3) is 0 Å². The second-order valence-electron chi connectivity index (χ2n) is 5.46. The van der Waals surface area contributed by atoms with Crippen molar-refractivity contribution in [2.45, 2.75) is 25.3 Å². The number of amides is 1. The van der Waals surface area contributed by atoms with Crippen molar-refractivity contribution in [3.63, 3.8) is 0 Å². The Morgan fingerprint density at radius 2 is 1.95 bits per heavy atom. The van der Waals surface area contributed by atoms with E-state index in [1.54, 1.807) is 0 Å². The Kier molecular flexibility index (Phi) is 3.34. The van der Waals surface area contributed by atoms with Crippen LogP contribution in [0.1, 0.15) is 18.4 Å². The lowest BCUT2D eigenvalue weighted by Crippen LogP contribution is -2.50. The van der Waals surface area contributed by atoms with Gasteiger partial charge in [0.2, 0.25) is 5.91 Å². The van der Waals surface area contributed by atoms with E-state index in [1.807, 2.05) is 24.3 Å². The van der Waals surface area contributed by atoms with Crippen LogP contribution in [-0.2, 0) is 16.0 Å². The maximum atomic E-state index is 12.1. The minimum atomic E-state index is -0.873. The SMILES string of the molecule is O=C(O)C1CCC1C(=O)NC1COc2ccccc2C1. The van der Waals surface area contributed by atoms with Gasteiger partial charge in [0.1, 0.15) is 12.4 Å². The normalized spacial score (nSPS) is 27.7. The number of fused-ring (bicyclic) bond motifs is 1. The van der Waals surface area contributed by atoms with Crippen molar-refractivity contribution >= 4 is 11.9 Å². The van der Waals surface area contributed by atoms with Crippen molar-refractivity contribution in [2.24, 2.45) is 11.8 Å². The van der Waals surface area contributed by atoms with Crippen molar-refractivity contribution in [3.05, 3.63) is 29.8 Å². The number of aliphatic carboxylic acids is 1. The van der Waals surface area contributed by atoms with E-state index in [-0.39, 0.29) is 17.9 Å². The molecule has 1 aromatic carbocycles. The maximum Gasteiger partial charge on any atom is 0.307 e. The molecular weight excluding hydrogens is 258 g/mol. The fourth-order valence-corrected chi connectivity index (χ4v) is 2.84. The number of para-hydroxylation sites is 1. The lowest BCUT2D eigenvalue weighted by atomic mass is 9.73. The molecule has 1 heterocycles. The van der Waals surface area contributed by atoms with Crippen molar-refractivity contribution in [1.29, 1.82) is 0 Å². The number of ether oxygens (including phenoxy) is 1. The summed E-state index contributed by atoms with van der Waals surface area (Å²) in [5.41, 5.74) is 1.08. The Hall–Kier alpha value is -2.04. The van der Waals surface area contributed by atoms with E-state index in [2.05, 4.69) is 5.32 Å². The Labute approximate surface area is 116 Å². The molecule has 2 N–H and O–H groups in total. The van der Waals surface area contributed by atoms with Gasteiger partial charge in [-0.1, -0.05) is 18.2 Å². The van der Waals surface area contributed by atoms with Crippen LogP contribution < -0.4 is 10.1 Å². The molecule has 1 amide bonds. The van der Waals surface area contributed by atoms with Gasteiger partial charge < -0.3 is 15.2 Å². The highest BCUT2D eigenvalue weighted by Crippen LogP contribution is 2.35. The molecule has 0 radical (unpaired) electrons. The van der Waals surface area contributed by atoms with Crippen LogP contribution in [0.5, 0.6) is 5.75 Å². The van der Waals surface area contributed by atoms with Gasteiger partial charge in [-0.15, -0.1) is 0 Å². The van der Waals surface area contributed by atoms with Crippen LogP contribution in [0.3, 0.4) is 0 Å². The predicted octanol–water partition coefficient (Wildman–Crippen LogP) is 1.22. The minimum absolute atomic E-state index is 0.0764. The van der Waals surface area contributed by atoms with Crippen LogP contribution in [0.2, 0.25) is 0 Å². The van der Waals surface area contributed by atoms with Crippen molar-refractivity contribution in [1.82, 2.24) is 5.32 Å². The quantitative estimate of drug-likeness (QED) is 0.869. The van der Waals surface area contributed by atoms with Gasteiger partial charge >= 0.3 is 5.97 Å². The lowest BCUT2D eigenvalue weighted by molar-refractivity contribution is -0.153. The third kappa shape index (κ3) is 2.35. The second kappa shape index (κ2) is 5.15. The molecule has 0 saturated heterocycles. The van der Waals surface area contributed by atoms with E-state index in [0.717, 1.165) is 17.7 Å². The van der Waals surface area contributed by atoms with Gasteiger partial charge in [-0.2, -0.15) is 0 Å². The van der Waals surface area contributed by atoms with E-state index in [1.165, 1.54) is 0 Å². The average molecular weight is 275 g/mol. The van der Waals surface area contributed by atoms with Crippen LogP contribution in [0.15, 0.2) is 24.3 Å². The molecule has 2 aliphatic rings. The zero-order valence-corrected chi connectivity index (χ0v) is 11.0. The summed E-state index contributed by atoms with van der Waals surface area (Å²) in [5.74, 6) is -1.07. The average Bonchev–Trinajstić information content (AvgIpc) is 2.36. The molecular formula is C15H17NO4. The maximum absolute atomic E-state index is 12.1. The highest BCUT2D eigenvalue weighted by molar-refractivity contribution is 5.86. The molecule has 0 bridgehead atoms. The molecule has 1 saturated carbocycles. The summed E-state index contributed by atoms with van der Waals surface area (Å²) in [5, 5.41) is 11.9. The molecule has 3 atom stereocenters. The van der Waals surface area contributed by atoms with Crippen LogP contribution in [-0.4, -0.2) is 29.6 Å². The number of carbonyl (C=O) groups excluding carboxylic acids is 1. The first-order valence-electron chi connectivity index (χ1n) is 6.89. The molecule has 1 aliphatic carbocycles. The zero-order valence-electron chi connectivity index (χ0n) is 11.0. The number of hydrogen-bond acceptors (Lipinski definition) is 3. The Morgan fingerprint density at radius 3 is 2.65 bits per heavy atom. The molecule has 5 heteroatoms. The first-order valence-corrected chi connectivity index (χ1v) is 6.89. The minimum Gasteiger partial charge on any atom is -0.491 e. The van der Waals surface area contributed by atoms with Gasteiger partial charge in [0.15, 0.2) is 0 Å². The topological polar surface area (TPSA) is 75.6 Å². The van der Waals surface area contributed by atoms with Gasteiger partial charge in [0, 0.05) is 0 Å². The number of nitrogens with one attached hydrogen (secondary N) is 1. The molecule has 106 valence electrons. The van der Waals surface area contributed by atoms with Gasteiger partial charge in [-0.3, -0.25) is 9.59 Å². The Bertz CT molecular complexity index is 542. The summed E-state index contributed by atoms with van der Waals surface area (Å²) < 4.78 is 5.61. The molecule has 0 aromatic heterocycles. The van der Waals surface area contributed by atoms with E-state index >= 15 is 0 Å². The molecule has 1 fully saturated rings. The number of carboxylic acid groups (broad SMARTS) is 1. The van der Waals surface area contributed by atoms with Gasteiger partial charge in [0.05, 0.1) is 17.9 Å². The third-order valence-corrected chi connectivity index (χ3v) is 4.15. The molecule has 20 heavy (non-hydrogen) atoms.